The largest absolute Gasteiger partial charge is 0.357 e. The van der Waals surface area contributed by atoms with Crippen molar-refractivity contribution in [2.45, 2.75) is 77.4 Å². The number of ether oxygens (including phenoxy) is 1. The van der Waals surface area contributed by atoms with Crippen LogP contribution >= 0.6 is 0 Å². The summed E-state index contributed by atoms with van der Waals surface area (Å²) in [6.45, 7) is 7.06. The van der Waals surface area contributed by atoms with Gasteiger partial charge in [-0.3, -0.25) is 0 Å². The first kappa shape index (κ1) is 15.1. The predicted molar refractivity (Wildman–Crippen MR) is 85.3 cm³/mol. The van der Waals surface area contributed by atoms with E-state index in [-0.39, 0.29) is 5.72 Å². The van der Waals surface area contributed by atoms with Crippen LogP contribution in [0, 0.1) is 18.8 Å². The molecular formula is C18H30N2O. The van der Waals surface area contributed by atoms with Gasteiger partial charge in [0.15, 0.2) is 5.72 Å². The summed E-state index contributed by atoms with van der Waals surface area (Å²) >= 11 is 0. The van der Waals surface area contributed by atoms with Gasteiger partial charge in [0.2, 0.25) is 0 Å². The van der Waals surface area contributed by atoms with Crippen LogP contribution < -0.4 is 0 Å². The molecule has 3 heteroatoms. The second kappa shape index (κ2) is 5.75. The summed E-state index contributed by atoms with van der Waals surface area (Å²) in [6.07, 6.45) is 10.9. The van der Waals surface area contributed by atoms with Crippen molar-refractivity contribution < 1.29 is 4.74 Å². The Bertz CT molecular complexity index is 489. The van der Waals surface area contributed by atoms with E-state index in [1.165, 1.54) is 43.4 Å². The maximum atomic E-state index is 5.77. The molecule has 1 aromatic rings. The molecule has 1 aromatic heterocycles. The minimum atomic E-state index is -0.120. The van der Waals surface area contributed by atoms with Crippen LogP contribution in [0.3, 0.4) is 0 Å². The average molecular weight is 290 g/mol. The van der Waals surface area contributed by atoms with E-state index in [9.17, 15) is 0 Å². The van der Waals surface area contributed by atoms with Crippen molar-refractivity contribution in [3.8, 4) is 0 Å². The average Bonchev–Trinajstić information content (AvgIpc) is 3.18. The van der Waals surface area contributed by atoms with Crippen molar-refractivity contribution in [1.29, 1.82) is 0 Å². The zero-order valence-corrected chi connectivity index (χ0v) is 14.1. The molecule has 2 aliphatic rings. The lowest BCUT2D eigenvalue weighted by Crippen LogP contribution is -2.25. The molecule has 21 heavy (non-hydrogen) atoms. The molecule has 0 bridgehead atoms. The summed E-state index contributed by atoms with van der Waals surface area (Å²) < 4.78 is 8.00. The van der Waals surface area contributed by atoms with E-state index in [2.05, 4.69) is 30.6 Å². The summed E-state index contributed by atoms with van der Waals surface area (Å²) in [4.78, 5) is 0. The Balaban J connectivity index is 1.84. The van der Waals surface area contributed by atoms with Gasteiger partial charge in [-0.15, -0.1) is 0 Å². The van der Waals surface area contributed by atoms with Gasteiger partial charge in [-0.2, -0.15) is 5.10 Å². The van der Waals surface area contributed by atoms with Crippen molar-refractivity contribution in [3.63, 3.8) is 0 Å². The van der Waals surface area contributed by atoms with Gasteiger partial charge in [0, 0.05) is 31.6 Å². The van der Waals surface area contributed by atoms with Gasteiger partial charge in [-0.1, -0.05) is 26.7 Å². The second-order valence-corrected chi connectivity index (χ2v) is 7.43. The van der Waals surface area contributed by atoms with E-state index >= 15 is 0 Å². The lowest BCUT2D eigenvalue weighted by atomic mass is 9.79. The molecule has 0 aliphatic heterocycles. The lowest BCUT2D eigenvalue weighted by Gasteiger charge is -2.29. The number of methoxy groups -OCH3 is 1. The van der Waals surface area contributed by atoms with Gasteiger partial charge in [0.05, 0.1) is 6.20 Å². The highest BCUT2D eigenvalue weighted by molar-refractivity contribution is 5.23. The molecule has 3 nitrogen and oxygen atoms in total. The summed E-state index contributed by atoms with van der Waals surface area (Å²) in [5.41, 5.74) is 2.69. The summed E-state index contributed by atoms with van der Waals surface area (Å²) in [5.74, 6) is 2.39. The van der Waals surface area contributed by atoms with Crippen molar-refractivity contribution >= 4 is 0 Å². The van der Waals surface area contributed by atoms with E-state index in [1.807, 2.05) is 13.3 Å². The highest BCUT2D eigenvalue weighted by Crippen LogP contribution is 2.47. The fourth-order valence-corrected chi connectivity index (χ4v) is 4.01. The van der Waals surface area contributed by atoms with Gasteiger partial charge in [0.1, 0.15) is 0 Å². The molecule has 3 atom stereocenters. The van der Waals surface area contributed by atoms with Gasteiger partial charge >= 0.3 is 0 Å². The van der Waals surface area contributed by atoms with E-state index < -0.39 is 0 Å². The highest BCUT2D eigenvalue weighted by Gasteiger charge is 2.48. The molecule has 118 valence electrons. The number of aryl methyl sites for hydroxylation is 1. The topological polar surface area (TPSA) is 27.1 Å². The Hall–Kier alpha value is -0.830. The molecule has 0 aromatic carbocycles. The molecular weight excluding hydrogens is 260 g/mol. The third-order valence-corrected chi connectivity index (χ3v) is 5.98. The second-order valence-electron chi connectivity index (χ2n) is 7.43. The molecule has 0 amide bonds. The van der Waals surface area contributed by atoms with Crippen molar-refractivity contribution in [1.82, 2.24) is 9.78 Å². The molecule has 0 radical (unpaired) electrons. The summed E-state index contributed by atoms with van der Waals surface area (Å²) in [6, 6.07) is 0. The van der Waals surface area contributed by atoms with Crippen LogP contribution in [0.5, 0.6) is 0 Å². The summed E-state index contributed by atoms with van der Waals surface area (Å²) in [7, 11) is 1.83. The molecule has 2 fully saturated rings. The number of rotatable bonds is 3. The van der Waals surface area contributed by atoms with E-state index in [0.29, 0.717) is 5.92 Å². The Kier molecular flexibility index (Phi) is 4.13. The smallest absolute Gasteiger partial charge is 0.161 e. The van der Waals surface area contributed by atoms with Gasteiger partial charge in [-0.05, 0) is 43.6 Å². The first-order valence-electron chi connectivity index (χ1n) is 8.67. The van der Waals surface area contributed by atoms with Gasteiger partial charge in [0.25, 0.3) is 0 Å². The third-order valence-electron chi connectivity index (χ3n) is 5.98. The molecule has 3 rings (SSSR count). The highest BCUT2D eigenvalue weighted by atomic mass is 16.5. The van der Waals surface area contributed by atoms with Gasteiger partial charge < -0.3 is 4.74 Å². The van der Waals surface area contributed by atoms with Crippen LogP contribution in [-0.4, -0.2) is 16.9 Å². The van der Waals surface area contributed by atoms with Crippen LogP contribution in [0.15, 0.2) is 6.20 Å². The number of hydrogen-bond donors (Lipinski definition) is 0. The first-order valence-corrected chi connectivity index (χ1v) is 8.67. The number of aromatic nitrogens is 2. The lowest BCUT2D eigenvalue weighted by molar-refractivity contribution is 0.00228. The predicted octanol–water partition coefficient (Wildman–Crippen LogP) is 4.60. The molecule has 0 saturated heterocycles. The van der Waals surface area contributed by atoms with Gasteiger partial charge in [-0.25, -0.2) is 4.68 Å². The zero-order chi connectivity index (χ0) is 15.0. The third kappa shape index (κ3) is 2.77. The normalized spacial score (nSPS) is 32.5. The molecule has 2 saturated carbocycles. The molecule has 2 aliphatic carbocycles. The molecule has 1 heterocycles. The zero-order valence-electron chi connectivity index (χ0n) is 14.1. The Morgan fingerprint density at radius 3 is 2.52 bits per heavy atom. The Labute approximate surface area is 129 Å². The minimum Gasteiger partial charge on any atom is -0.357 e. The van der Waals surface area contributed by atoms with Crippen molar-refractivity contribution in [3.05, 3.63) is 17.5 Å². The minimum absolute atomic E-state index is 0.120. The van der Waals surface area contributed by atoms with Crippen LogP contribution in [0.25, 0.3) is 0 Å². The fourth-order valence-electron chi connectivity index (χ4n) is 4.01. The van der Waals surface area contributed by atoms with E-state index in [1.54, 1.807) is 0 Å². The number of nitrogens with zero attached hydrogens (tertiary/aromatic N) is 2. The number of hydrogen-bond acceptors (Lipinski definition) is 2. The van der Waals surface area contributed by atoms with Crippen LogP contribution in [-0.2, 0) is 10.5 Å². The standard InChI is InChI=1S/C18H30N2O/c1-13-6-5-7-16(9-8-14(13)2)17-15(3)12-19-20(17)18(21-4)10-11-18/h12-14,16H,5-11H2,1-4H3/t13-,14?,16-/m0/s1. The van der Waals surface area contributed by atoms with E-state index in [0.717, 1.165) is 24.7 Å². The fraction of sp³-hybridized carbons (Fsp3) is 0.833. The maximum Gasteiger partial charge on any atom is 0.161 e. The van der Waals surface area contributed by atoms with Crippen molar-refractivity contribution in [2.75, 3.05) is 7.11 Å². The monoisotopic (exact) mass is 290 g/mol. The SMILES string of the molecule is COC1(n2ncc(C)c2[C@H]2CCC[C@H](C)C(C)CC2)CC1. The Morgan fingerprint density at radius 1 is 1.14 bits per heavy atom. The Morgan fingerprint density at radius 2 is 1.86 bits per heavy atom. The van der Waals surface area contributed by atoms with Crippen LogP contribution in [0.4, 0.5) is 0 Å². The molecule has 1 unspecified atom stereocenters. The van der Waals surface area contributed by atoms with Crippen LogP contribution in [0.1, 0.15) is 76.0 Å². The van der Waals surface area contributed by atoms with Crippen LogP contribution in [0.2, 0.25) is 0 Å². The van der Waals surface area contributed by atoms with Crippen molar-refractivity contribution in [2.24, 2.45) is 11.8 Å². The first-order chi connectivity index (χ1) is 10.1. The maximum absolute atomic E-state index is 5.77. The molecule has 0 spiro atoms. The quantitative estimate of drug-likeness (QED) is 0.813. The van der Waals surface area contributed by atoms with E-state index in [4.69, 9.17) is 4.74 Å². The summed E-state index contributed by atoms with van der Waals surface area (Å²) in [5, 5.41) is 4.68. The molecule has 0 N–H and O–H groups in total.